The first-order chi connectivity index (χ1) is 13.2. The quantitative estimate of drug-likeness (QED) is 0.336. The Bertz CT molecular complexity index is 986. The van der Waals surface area contributed by atoms with Crippen molar-refractivity contribution in [3.8, 4) is 5.88 Å². The monoisotopic (exact) mass is 434 g/mol. The number of alkyl halides is 3. The van der Waals surface area contributed by atoms with Gasteiger partial charge in [0.2, 0.25) is 5.88 Å². The Morgan fingerprint density at radius 2 is 1.93 bits per heavy atom. The SMILES string of the molecule is C=C(/C=C(\C(=C/C)CC(=O)c1c(C)nn(C)c1OC=O)S(C)(=O)=O)CC(F)(F)F. The van der Waals surface area contributed by atoms with Crippen LogP contribution in [0.4, 0.5) is 13.2 Å². The minimum Gasteiger partial charge on any atom is -0.409 e. The number of rotatable bonds is 9. The molecule has 1 aromatic rings. The number of hydrogen-bond donors (Lipinski definition) is 0. The number of ether oxygens (including phenoxy) is 1. The topological polar surface area (TPSA) is 95.3 Å². The van der Waals surface area contributed by atoms with Gasteiger partial charge >= 0.3 is 6.18 Å². The molecule has 29 heavy (non-hydrogen) atoms. The summed E-state index contributed by atoms with van der Waals surface area (Å²) in [6, 6.07) is 0. The first-order valence-electron chi connectivity index (χ1n) is 8.20. The summed E-state index contributed by atoms with van der Waals surface area (Å²) in [6.45, 7) is 6.33. The fourth-order valence-corrected chi connectivity index (χ4v) is 3.71. The number of nitrogens with zero attached hydrogens (tertiary/aromatic N) is 2. The predicted octanol–water partition coefficient (Wildman–Crippen LogP) is 3.22. The van der Waals surface area contributed by atoms with E-state index in [4.69, 9.17) is 4.74 Å². The number of Topliss-reactive ketones (excluding diaryl/α,β-unsaturated/α-hetero) is 1. The Kier molecular flexibility index (Phi) is 7.73. The summed E-state index contributed by atoms with van der Waals surface area (Å²) in [5.74, 6) is -0.735. The van der Waals surface area contributed by atoms with Crippen molar-refractivity contribution >= 4 is 22.1 Å². The highest BCUT2D eigenvalue weighted by atomic mass is 32.2. The molecular weight excluding hydrogens is 413 g/mol. The zero-order valence-corrected chi connectivity index (χ0v) is 17.1. The lowest BCUT2D eigenvalue weighted by Crippen LogP contribution is -2.12. The van der Waals surface area contributed by atoms with E-state index in [1.807, 2.05) is 0 Å². The molecule has 0 aliphatic carbocycles. The summed E-state index contributed by atoms with van der Waals surface area (Å²) in [7, 11) is -2.53. The lowest BCUT2D eigenvalue weighted by molar-refractivity contribution is -0.126. The van der Waals surface area contributed by atoms with Crippen LogP contribution in [0.2, 0.25) is 0 Å². The highest BCUT2D eigenvalue weighted by Gasteiger charge is 2.29. The molecule has 11 heteroatoms. The van der Waals surface area contributed by atoms with E-state index in [1.165, 1.54) is 31.7 Å². The van der Waals surface area contributed by atoms with Crippen molar-refractivity contribution in [1.82, 2.24) is 9.78 Å². The summed E-state index contributed by atoms with van der Waals surface area (Å²) in [5.41, 5.74) is -0.259. The van der Waals surface area contributed by atoms with Gasteiger partial charge in [-0.05, 0) is 31.1 Å². The standard InChI is InChI=1S/C18H21F3N2O5S/c1-6-13(15(29(5,26)27)7-11(2)9-18(19,20)21)8-14(25)16-12(3)22-23(4)17(16)28-10-24/h6-7,10H,2,8-9H2,1,3-5H3/b13-6-,15-7+. The van der Waals surface area contributed by atoms with E-state index < -0.39 is 45.1 Å². The van der Waals surface area contributed by atoms with E-state index >= 15 is 0 Å². The molecule has 0 spiro atoms. The molecule has 160 valence electrons. The lowest BCUT2D eigenvalue weighted by atomic mass is 10.0. The molecule has 7 nitrogen and oxygen atoms in total. The number of aromatic nitrogens is 2. The molecule has 0 saturated heterocycles. The van der Waals surface area contributed by atoms with Crippen LogP contribution in [0, 0.1) is 6.92 Å². The number of allylic oxidation sites excluding steroid dienone is 4. The van der Waals surface area contributed by atoms with Crippen LogP contribution in [-0.2, 0) is 21.7 Å². The second-order valence-electron chi connectivity index (χ2n) is 6.25. The van der Waals surface area contributed by atoms with Crippen molar-refractivity contribution in [1.29, 1.82) is 0 Å². The highest BCUT2D eigenvalue weighted by molar-refractivity contribution is 7.94. The molecule has 0 aromatic carbocycles. The molecule has 1 heterocycles. The van der Waals surface area contributed by atoms with Crippen LogP contribution in [0.3, 0.4) is 0 Å². The summed E-state index contributed by atoms with van der Waals surface area (Å²) in [6.07, 6.45) is -3.46. The van der Waals surface area contributed by atoms with Gasteiger partial charge in [-0.15, -0.1) is 0 Å². The number of sulfone groups is 1. The second-order valence-corrected chi connectivity index (χ2v) is 8.23. The lowest BCUT2D eigenvalue weighted by Gasteiger charge is -2.12. The second kappa shape index (κ2) is 9.21. The molecule has 0 unspecified atom stereocenters. The van der Waals surface area contributed by atoms with Gasteiger partial charge in [-0.2, -0.15) is 18.3 Å². The maximum atomic E-state index is 12.8. The molecule has 0 fully saturated rings. The summed E-state index contributed by atoms with van der Waals surface area (Å²) in [4.78, 5) is 23.0. The molecule has 0 aliphatic heterocycles. The van der Waals surface area contributed by atoms with Crippen molar-refractivity contribution in [2.45, 2.75) is 32.9 Å². The van der Waals surface area contributed by atoms with E-state index in [1.54, 1.807) is 0 Å². The van der Waals surface area contributed by atoms with Crippen LogP contribution in [0.5, 0.6) is 5.88 Å². The largest absolute Gasteiger partial charge is 0.409 e. The maximum Gasteiger partial charge on any atom is 0.393 e. The minimum absolute atomic E-state index is 0.0128. The molecule has 0 bridgehead atoms. The summed E-state index contributed by atoms with van der Waals surface area (Å²) >= 11 is 0. The zero-order valence-electron chi connectivity index (χ0n) is 16.3. The Balaban J connectivity index is 3.34. The first-order valence-corrected chi connectivity index (χ1v) is 10.1. The summed E-state index contributed by atoms with van der Waals surface area (Å²) < 4.78 is 68.0. The highest BCUT2D eigenvalue weighted by Crippen LogP contribution is 2.30. The van der Waals surface area contributed by atoms with Crippen LogP contribution >= 0.6 is 0 Å². The minimum atomic E-state index is -4.56. The fraction of sp³-hybridized carbons (Fsp3) is 0.389. The van der Waals surface area contributed by atoms with Gasteiger partial charge in [0, 0.05) is 19.7 Å². The normalized spacial score (nSPS) is 13.3. The molecular formula is C18H21F3N2O5S. The summed E-state index contributed by atoms with van der Waals surface area (Å²) in [5, 5.41) is 3.99. The van der Waals surface area contributed by atoms with E-state index in [0.717, 1.165) is 12.3 Å². The van der Waals surface area contributed by atoms with Gasteiger partial charge in [0.05, 0.1) is 17.0 Å². The number of carbonyl (C=O) groups excluding carboxylic acids is 2. The van der Waals surface area contributed by atoms with Crippen molar-refractivity contribution in [3.63, 3.8) is 0 Å². The van der Waals surface area contributed by atoms with E-state index in [2.05, 4.69) is 11.7 Å². The third kappa shape index (κ3) is 6.70. The average molecular weight is 434 g/mol. The van der Waals surface area contributed by atoms with Gasteiger partial charge in [-0.1, -0.05) is 12.7 Å². The third-order valence-electron chi connectivity index (χ3n) is 3.79. The molecule has 0 amide bonds. The van der Waals surface area contributed by atoms with E-state index in [0.29, 0.717) is 0 Å². The van der Waals surface area contributed by atoms with Crippen molar-refractivity contribution in [2.24, 2.45) is 7.05 Å². The van der Waals surface area contributed by atoms with Crippen molar-refractivity contribution in [3.05, 3.63) is 46.0 Å². The molecule has 0 N–H and O–H groups in total. The first kappa shape index (κ1) is 24.3. The smallest absolute Gasteiger partial charge is 0.393 e. The number of halogens is 3. The maximum absolute atomic E-state index is 12.8. The van der Waals surface area contributed by atoms with Crippen molar-refractivity contribution < 1.29 is 35.9 Å². The van der Waals surface area contributed by atoms with Gasteiger partial charge in [0.15, 0.2) is 15.6 Å². The molecule has 0 aliphatic rings. The van der Waals surface area contributed by atoms with Crippen LogP contribution in [0.1, 0.15) is 35.8 Å². The molecule has 0 radical (unpaired) electrons. The number of carbonyl (C=O) groups is 2. The predicted molar refractivity (Wildman–Crippen MR) is 100 cm³/mol. The van der Waals surface area contributed by atoms with Crippen LogP contribution < -0.4 is 4.74 Å². The van der Waals surface area contributed by atoms with Crippen molar-refractivity contribution in [2.75, 3.05) is 6.26 Å². The molecule has 1 aromatic heterocycles. The average Bonchev–Trinajstić information content (AvgIpc) is 2.82. The van der Waals surface area contributed by atoms with Gasteiger partial charge in [-0.25, -0.2) is 13.1 Å². The Hall–Kier alpha value is -2.69. The van der Waals surface area contributed by atoms with E-state index in [-0.39, 0.29) is 29.2 Å². The number of aryl methyl sites for hydroxylation is 2. The third-order valence-corrected chi connectivity index (χ3v) is 4.97. The van der Waals surface area contributed by atoms with Crippen LogP contribution in [0.15, 0.2) is 34.8 Å². The Morgan fingerprint density at radius 3 is 2.38 bits per heavy atom. The van der Waals surface area contributed by atoms with Crippen LogP contribution in [0.25, 0.3) is 0 Å². The van der Waals surface area contributed by atoms with Gasteiger partial charge in [-0.3, -0.25) is 9.59 Å². The Morgan fingerprint density at radius 1 is 1.34 bits per heavy atom. The fourth-order valence-electron chi connectivity index (χ4n) is 2.66. The molecule has 0 atom stereocenters. The van der Waals surface area contributed by atoms with E-state index in [9.17, 15) is 31.2 Å². The number of hydrogen-bond acceptors (Lipinski definition) is 6. The molecule has 0 saturated carbocycles. The van der Waals surface area contributed by atoms with Crippen LogP contribution in [-0.4, -0.2) is 42.9 Å². The zero-order chi connectivity index (χ0) is 22.6. The number of ketones is 1. The van der Waals surface area contributed by atoms with Gasteiger partial charge in [0.1, 0.15) is 5.56 Å². The Labute approximate surface area is 166 Å². The van der Waals surface area contributed by atoms with Gasteiger partial charge < -0.3 is 4.74 Å². The molecule has 1 rings (SSSR count). The van der Waals surface area contributed by atoms with Gasteiger partial charge in [0.25, 0.3) is 6.47 Å².